The molecule has 2 aromatic carbocycles. The van der Waals surface area contributed by atoms with Crippen molar-refractivity contribution in [2.45, 2.75) is 32.6 Å². The summed E-state index contributed by atoms with van der Waals surface area (Å²) in [7, 11) is 0. The van der Waals surface area contributed by atoms with Gasteiger partial charge in [-0.2, -0.15) is 0 Å². The topological polar surface area (TPSA) is 29.1 Å². The highest BCUT2D eigenvalue weighted by atomic mass is 79.9. The van der Waals surface area contributed by atoms with Crippen molar-refractivity contribution >= 4 is 27.5 Å². The van der Waals surface area contributed by atoms with E-state index >= 15 is 0 Å². The third-order valence-electron chi connectivity index (χ3n) is 3.42. The molecule has 0 aliphatic heterocycles. The Morgan fingerprint density at radius 3 is 2.59 bits per heavy atom. The van der Waals surface area contributed by atoms with Crippen LogP contribution in [-0.2, 0) is 17.6 Å². The minimum Gasteiger partial charge on any atom is -0.326 e. The molecule has 0 saturated carbocycles. The van der Waals surface area contributed by atoms with Gasteiger partial charge in [0.2, 0.25) is 5.91 Å². The van der Waals surface area contributed by atoms with Crippen molar-refractivity contribution in [1.29, 1.82) is 0 Å². The fourth-order valence-corrected chi connectivity index (χ4v) is 2.60. The molecule has 0 bridgehead atoms. The maximum Gasteiger partial charge on any atom is 0.228 e. The molecular formula is C18H19BrFNO. The van der Waals surface area contributed by atoms with Gasteiger partial charge in [-0.25, -0.2) is 4.39 Å². The zero-order chi connectivity index (χ0) is 15.9. The standard InChI is InChI=1S/C18H19BrFNO/c1-2-3-4-13-5-8-16(9-6-13)21-18(22)12-14-11-15(19)7-10-17(14)20/h5-11H,2-4,12H2,1H3,(H,21,22). The Balaban J connectivity index is 1.95. The SMILES string of the molecule is CCCCc1ccc(NC(=O)Cc2cc(Br)ccc2F)cc1. The maximum absolute atomic E-state index is 13.6. The van der Waals surface area contributed by atoms with E-state index in [1.807, 2.05) is 24.3 Å². The molecule has 2 nitrogen and oxygen atoms in total. The van der Waals surface area contributed by atoms with E-state index in [0.717, 1.165) is 29.4 Å². The van der Waals surface area contributed by atoms with Crippen molar-refractivity contribution in [2.75, 3.05) is 5.32 Å². The summed E-state index contributed by atoms with van der Waals surface area (Å²) in [5, 5.41) is 2.80. The highest BCUT2D eigenvalue weighted by Crippen LogP contribution is 2.17. The lowest BCUT2D eigenvalue weighted by Crippen LogP contribution is -2.15. The van der Waals surface area contributed by atoms with Crippen LogP contribution in [0.15, 0.2) is 46.9 Å². The molecule has 4 heteroatoms. The highest BCUT2D eigenvalue weighted by molar-refractivity contribution is 9.10. The van der Waals surface area contributed by atoms with Crippen molar-refractivity contribution in [2.24, 2.45) is 0 Å². The van der Waals surface area contributed by atoms with E-state index in [4.69, 9.17) is 0 Å². The van der Waals surface area contributed by atoms with Gasteiger partial charge in [-0.05, 0) is 54.3 Å². The molecule has 0 fully saturated rings. The Bertz CT molecular complexity index is 640. The van der Waals surface area contributed by atoms with Gasteiger partial charge >= 0.3 is 0 Å². The van der Waals surface area contributed by atoms with Crippen molar-refractivity contribution < 1.29 is 9.18 Å². The number of amides is 1. The van der Waals surface area contributed by atoms with Crippen molar-refractivity contribution in [3.8, 4) is 0 Å². The van der Waals surface area contributed by atoms with Crippen LogP contribution >= 0.6 is 15.9 Å². The van der Waals surface area contributed by atoms with Crippen molar-refractivity contribution in [1.82, 2.24) is 0 Å². The minimum atomic E-state index is -0.367. The van der Waals surface area contributed by atoms with Gasteiger partial charge in [-0.1, -0.05) is 41.4 Å². The monoisotopic (exact) mass is 363 g/mol. The highest BCUT2D eigenvalue weighted by Gasteiger charge is 2.09. The molecule has 0 aliphatic rings. The summed E-state index contributed by atoms with van der Waals surface area (Å²) < 4.78 is 14.4. The van der Waals surface area contributed by atoms with E-state index in [-0.39, 0.29) is 18.1 Å². The van der Waals surface area contributed by atoms with Gasteiger partial charge in [-0.15, -0.1) is 0 Å². The predicted molar refractivity (Wildman–Crippen MR) is 91.5 cm³/mol. The number of rotatable bonds is 6. The number of unbranched alkanes of at least 4 members (excludes halogenated alkanes) is 1. The van der Waals surface area contributed by atoms with Crippen LogP contribution in [0, 0.1) is 5.82 Å². The van der Waals surface area contributed by atoms with Crippen LogP contribution in [0.3, 0.4) is 0 Å². The summed E-state index contributed by atoms with van der Waals surface area (Å²) in [6.07, 6.45) is 3.39. The minimum absolute atomic E-state index is 0.0167. The Morgan fingerprint density at radius 1 is 1.18 bits per heavy atom. The van der Waals surface area contributed by atoms with Gasteiger partial charge in [0.1, 0.15) is 5.82 Å². The van der Waals surface area contributed by atoms with Crippen LogP contribution in [0.4, 0.5) is 10.1 Å². The number of benzene rings is 2. The molecule has 0 heterocycles. The first-order valence-corrected chi connectivity index (χ1v) is 8.20. The summed E-state index contributed by atoms with van der Waals surface area (Å²) in [4.78, 5) is 12.0. The molecule has 1 N–H and O–H groups in total. The molecule has 0 saturated heterocycles. The van der Waals surface area contributed by atoms with Crippen LogP contribution in [-0.4, -0.2) is 5.91 Å². The molecule has 2 rings (SSSR count). The van der Waals surface area contributed by atoms with Crippen LogP contribution in [0.1, 0.15) is 30.9 Å². The lowest BCUT2D eigenvalue weighted by atomic mass is 10.1. The summed E-state index contributed by atoms with van der Waals surface area (Å²) in [5.41, 5.74) is 2.38. The van der Waals surface area contributed by atoms with Gasteiger partial charge in [0, 0.05) is 10.2 Å². The lowest BCUT2D eigenvalue weighted by Gasteiger charge is -2.08. The van der Waals surface area contributed by atoms with E-state index in [0.29, 0.717) is 5.56 Å². The summed E-state index contributed by atoms with van der Waals surface area (Å²) in [6.45, 7) is 2.16. The molecule has 2 aromatic rings. The Kier molecular flexibility index (Phi) is 6.13. The summed E-state index contributed by atoms with van der Waals surface area (Å²) >= 11 is 3.28. The first-order chi connectivity index (χ1) is 10.6. The van der Waals surface area contributed by atoms with E-state index in [1.165, 1.54) is 11.6 Å². The average molecular weight is 364 g/mol. The van der Waals surface area contributed by atoms with Gasteiger partial charge in [0.15, 0.2) is 0 Å². The fourth-order valence-electron chi connectivity index (χ4n) is 2.19. The normalized spacial score (nSPS) is 10.5. The molecular weight excluding hydrogens is 345 g/mol. The lowest BCUT2D eigenvalue weighted by molar-refractivity contribution is -0.115. The number of nitrogens with one attached hydrogen (secondary N) is 1. The molecule has 116 valence electrons. The predicted octanol–water partition coefficient (Wildman–Crippen LogP) is 5.11. The van der Waals surface area contributed by atoms with Gasteiger partial charge < -0.3 is 5.32 Å². The Hall–Kier alpha value is -1.68. The number of anilines is 1. The number of carbonyl (C=O) groups is 1. The maximum atomic E-state index is 13.6. The zero-order valence-electron chi connectivity index (χ0n) is 12.5. The van der Waals surface area contributed by atoms with Crippen LogP contribution < -0.4 is 5.32 Å². The van der Waals surface area contributed by atoms with Gasteiger partial charge in [0.25, 0.3) is 0 Å². The first-order valence-electron chi connectivity index (χ1n) is 7.41. The quantitative estimate of drug-likeness (QED) is 0.758. The first kappa shape index (κ1) is 16.7. The summed E-state index contributed by atoms with van der Waals surface area (Å²) in [5.74, 6) is -0.591. The van der Waals surface area contributed by atoms with E-state index < -0.39 is 0 Å². The van der Waals surface area contributed by atoms with E-state index in [1.54, 1.807) is 12.1 Å². The van der Waals surface area contributed by atoms with Crippen LogP contribution in [0.25, 0.3) is 0 Å². The second kappa shape index (κ2) is 8.08. The van der Waals surface area contributed by atoms with Crippen LogP contribution in [0.5, 0.6) is 0 Å². The molecule has 0 aliphatic carbocycles. The van der Waals surface area contributed by atoms with Gasteiger partial charge in [0.05, 0.1) is 6.42 Å². The number of hydrogen-bond acceptors (Lipinski definition) is 1. The largest absolute Gasteiger partial charge is 0.326 e. The molecule has 0 aromatic heterocycles. The van der Waals surface area contributed by atoms with Gasteiger partial charge in [-0.3, -0.25) is 4.79 Å². The Labute approximate surface area is 138 Å². The van der Waals surface area contributed by atoms with Crippen molar-refractivity contribution in [3.63, 3.8) is 0 Å². The van der Waals surface area contributed by atoms with Crippen LogP contribution in [0.2, 0.25) is 0 Å². The number of halogens is 2. The second-order valence-corrected chi connectivity index (χ2v) is 6.18. The molecule has 0 unspecified atom stereocenters. The Morgan fingerprint density at radius 2 is 1.91 bits per heavy atom. The van der Waals surface area contributed by atoms with E-state index in [2.05, 4.69) is 28.2 Å². The van der Waals surface area contributed by atoms with Crippen molar-refractivity contribution in [3.05, 3.63) is 63.9 Å². The average Bonchev–Trinajstić information content (AvgIpc) is 2.50. The third kappa shape index (κ3) is 4.95. The molecule has 22 heavy (non-hydrogen) atoms. The number of aryl methyl sites for hydroxylation is 1. The fraction of sp³-hybridized carbons (Fsp3) is 0.278. The molecule has 0 spiro atoms. The molecule has 0 radical (unpaired) electrons. The number of hydrogen-bond donors (Lipinski definition) is 1. The molecule has 0 atom stereocenters. The summed E-state index contributed by atoms with van der Waals surface area (Å²) in [6, 6.07) is 12.4. The number of carbonyl (C=O) groups excluding carboxylic acids is 1. The zero-order valence-corrected chi connectivity index (χ0v) is 14.1. The smallest absolute Gasteiger partial charge is 0.228 e. The van der Waals surface area contributed by atoms with E-state index in [9.17, 15) is 9.18 Å². The molecule has 1 amide bonds. The third-order valence-corrected chi connectivity index (χ3v) is 3.91. The second-order valence-electron chi connectivity index (χ2n) is 5.26.